The molecule has 0 aliphatic rings. The fourth-order valence-electron chi connectivity index (χ4n) is 2.25. The Morgan fingerprint density at radius 2 is 1.88 bits per heavy atom. The van der Waals surface area contributed by atoms with E-state index in [4.69, 9.17) is 5.14 Å². The van der Waals surface area contributed by atoms with Gasteiger partial charge in [0.05, 0.1) is 5.69 Å². The molecule has 1 aromatic carbocycles. The third-order valence-electron chi connectivity index (χ3n) is 3.52. The van der Waals surface area contributed by atoms with Crippen molar-refractivity contribution in [2.45, 2.75) is 17.7 Å². The van der Waals surface area contributed by atoms with E-state index in [1.54, 1.807) is 0 Å². The van der Waals surface area contributed by atoms with Crippen molar-refractivity contribution < 1.29 is 18.0 Å². The molecule has 24 heavy (non-hydrogen) atoms. The first-order valence-electron chi connectivity index (χ1n) is 7.34. The van der Waals surface area contributed by atoms with Gasteiger partial charge in [-0.1, -0.05) is 30.3 Å². The molecule has 0 atom stereocenters. The number of sulfonamides is 1. The summed E-state index contributed by atoms with van der Waals surface area (Å²) >= 11 is 0. The van der Waals surface area contributed by atoms with Crippen LogP contribution in [-0.2, 0) is 28.3 Å². The number of hydrogen-bond acceptors (Lipinski definition) is 4. The minimum Gasteiger partial charge on any atom is -0.349 e. The van der Waals surface area contributed by atoms with Crippen molar-refractivity contribution in [1.29, 1.82) is 0 Å². The molecule has 0 saturated heterocycles. The molecule has 2 rings (SSSR count). The van der Waals surface area contributed by atoms with E-state index in [-0.39, 0.29) is 10.6 Å². The van der Waals surface area contributed by atoms with Crippen molar-refractivity contribution in [2.24, 2.45) is 12.2 Å². The summed E-state index contributed by atoms with van der Waals surface area (Å²) in [4.78, 5) is 23.8. The molecule has 0 radical (unpaired) electrons. The molecule has 0 aliphatic carbocycles. The number of benzene rings is 1. The highest BCUT2D eigenvalue weighted by molar-refractivity contribution is 7.89. The predicted molar refractivity (Wildman–Crippen MR) is 88.9 cm³/mol. The van der Waals surface area contributed by atoms with Gasteiger partial charge in [-0.15, -0.1) is 0 Å². The third kappa shape index (κ3) is 4.53. The lowest BCUT2D eigenvalue weighted by molar-refractivity contribution is -0.117. The van der Waals surface area contributed by atoms with E-state index < -0.39 is 21.7 Å². The highest BCUT2D eigenvalue weighted by Crippen LogP contribution is 2.12. The Bertz CT molecular complexity index is 841. The molecular weight excluding hydrogens is 330 g/mol. The van der Waals surface area contributed by atoms with Crippen molar-refractivity contribution in [3.05, 3.63) is 53.9 Å². The van der Waals surface area contributed by atoms with Gasteiger partial charge in [-0.3, -0.25) is 9.59 Å². The zero-order valence-corrected chi connectivity index (χ0v) is 14.0. The second kappa shape index (κ2) is 7.41. The summed E-state index contributed by atoms with van der Waals surface area (Å²) in [5, 5.41) is 7.56. The van der Waals surface area contributed by atoms with Crippen LogP contribution in [-0.4, -0.2) is 31.2 Å². The fourth-order valence-corrected chi connectivity index (χ4v) is 2.83. The summed E-state index contributed by atoms with van der Waals surface area (Å²) < 4.78 is 23.8. The Morgan fingerprint density at radius 3 is 2.46 bits per heavy atom. The van der Waals surface area contributed by atoms with Gasteiger partial charge in [-0.05, 0) is 24.5 Å². The first-order valence-corrected chi connectivity index (χ1v) is 8.89. The van der Waals surface area contributed by atoms with Crippen LogP contribution in [0.4, 0.5) is 0 Å². The number of nitrogens with zero attached hydrogens (tertiary/aromatic N) is 1. The van der Waals surface area contributed by atoms with Gasteiger partial charge >= 0.3 is 0 Å². The Kier molecular flexibility index (Phi) is 5.53. The molecule has 0 saturated carbocycles. The maximum absolute atomic E-state index is 12.1. The number of Topliss-reactive ketones (excluding diaryl/α,β-unsaturated/α-hetero) is 1. The average Bonchev–Trinajstić information content (AvgIpc) is 2.93. The number of ketones is 1. The van der Waals surface area contributed by atoms with Crippen molar-refractivity contribution in [3.63, 3.8) is 0 Å². The first-order chi connectivity index (χ1) is 11.3. The van der Waals surface area contributed by atoms with Crippen LogP contribution in [0.15, 0.2) is 47.5 Å². The molecular formula is C16H19N3O4S. The maximum atomic E-state index is 12.1. The van der Waals surface area contributed by atoms with Gasteiger partial charge in [0.25, 0.3) is 11.7 Å². The monoisotopic (exact) mass is 349 g/mol. The summed E-state index contributed by atoms with van der Waals surface area (Å²) in [6.07, 6.45) is 2.68. The van der Waals surface area contributed by atoms with E-state index in [2.05, 4.69) is 5.32 Å². The van der Waals surface area contributed by atoms with Gasteiger partial charge in [0.1, 0.15) is 4.90 Å². The number of carbonyl (C=O) groups is 2. The van der Waals surface area contributed by atoms with Gasteiger partial charge in [0.15, 0.2) is 0 Å². The molecule has 0 aliphatic heterocycles. The number of primary sulfonamides is 1. The van der Waals surface area contributed by atoms with Crippen LogP contribution in [0.5, 0.6) is 0 Å². The summed E-state index contributed by atoms with van der Waals surface area (Å²) in [6, 6.07) is 10.9. The van der Waals surface area contributed by atoms with Crippen LogP contribution in [0, 0.1) is 0 Å². The van der Waals surface area contributed by atoms with Crippen LogP contribution >= 0.6 is 0 Å². The molecule has 8 heteroatoms. The number of hydrogen-bond donors (Lipinski definition) is 2. The molecule has 0 fully saturated rings. The molecule has 0 spiro atoms. The lowest BCUT2D eigenvalue weighted by Gasteiger charge is -2.05. The van der Waals surface area contributed by atoms with E-state index in [1.807, 2.05) is 30.3 Å². The predicted octanol–water partition coefficient (Wildman–Crippen LogP) is 0.604. The Morgan fingerprint density at radius 1 is 1.21 bits per heavy atom. The van der Waals surface area contributed by atoms with Crippen LogP contribution in [0.3, 0.4) is 0 Å². The second-order valence-electron chi connectivity index (χ2n) is 5.39. The number of nitrogens with two attached hydrogens (primary N) is 1. The zero-order chi connectivity index (χ0) is 17.7. The Hall–Kier alpha value is -2.45. The normalized spacial score (nSPS) is 11.2. The quantitative estimate of drug-likeness (QED) is 0.433. The van der Waals surface area contributed by atoms with Crippen molar-refractivity contribution in [2.75, 3.05) is 6.54 Å². The van der Waals surface area contributed by atoms with Crippen LogP contribution in [0.1, 0.15) is 22.5 Å². The summed E-state index contributed by atoms with van der Waals surface area (Å²) in [6.45, 7) is 0.353. The molecule has 1 amide bonds. The summed E-state index contributed by atoms with van der Waals surface area (Å²) in [7, 11) is -2.44. The smallest absolute Gasteiger partial charge is 0.293 e. The Balaban J connectivity index is 1.91. The minimum atomic E-state index is -3.92. The van der Waals surface area contributed by atoms with Crippen molar-refractivity contribution in [3.8, 4) is 0 Å². The van der Waals surface area contributed by atoms with Gasteiger partial charge < -0.3 is 9.88 Å². The van der Waals surface area contributed by atoms with Gasteiger partial charge in [0.2, 0.25) is 10.0 Å². The zero-order valence-electron chi connectivity index (χ0n) is 13.2. The van der Waals surface area contributed by atoms with E-state index in [9.17, 15) is 18.0 Å². The van der Waals surface area contributed by atoms with E-state index in [0.29, 0.717) is 13.0 Å². The fraction of sp³-hybridized carbons (Fsp3) is 0.250. The minimum absolute atomic E-state index is 0.0282. The largest absolute Gasteiger partial charge is 0.349 e. The number of rotatable bonds is 7. The number of amides is 1. The standard InChI is InChI=1S/C16H19N3O4S/c1-19-11-13(24(17,22)23)10-14(19)15(20)16(21)18-9-5-8-12-6-3-2-4-7-12/h2-4,6-7,10-11H,5,8-9H2,1H3,(H,18,21)(H2,17,22,23). The SMILES string of the molecule is Cn1cc(S(N)(=O)=O)cc1C(=O)C(=O)NCCCc1ccccc1. The number of nitrogens with one attached hydrogen (secondary N) is 1. The summed E-state index contributed by atoms with van der Waals surface area (Å²) in [5.74, 6) is -1.57. The van der Waals surface area contributed by atoms with Crippen LogP contribution in [0.2, 0.25) is 0 Å². The molecule has 0 unspecified atom stereocenters. The molecule has 128 valence electrons. The first kappa shape index (κ1) is 17.9. The molecule has 2 aromatic rings. The highest BCUT2D eigenvalue weighted by Gasteiger charge is 2.22. The molecule has 1 aromatic heterocycles. The van der Waals surface area contributed by atoms with E-state index >= 15 is 0 Å². The van der Waals surface area contributed by atoms with Gasteiger partial charge in [0, 0.05) is 19.8 Å². The lowest BCUT2D eigenvalue weighted by atomic mass is 10.1. The van der Waals surface area contributed by atoms with Gasteiger partial charge in [-0.25, -0.2) is 13.6 Å². The molecule has 0 bridgehead atoms. The lowest BCUT2D eigenvalue weighted by Crippen LogP contribution is -2.32. The van der Waals surface area contributed by atoms with Crippen molar-refractivity contribution in [1.82, 2.24) is 9.88 Å². The third-order valence-corrected chi connectivity index (χ3v) is 4.40. The Labute approximate surface area is 140 Å². The number of carbonyl (C=O) groups excluding carboxylic acids is 2. The molecule has 3 N–H and O–H groups in total. The summed E-state index contributed by atoms with van der Waals surface area (Å²) in [5.41, 5.74) is 1.12. The van der Waals surface area contributed by atoms with Crippen LogP contribution in [0.25, 0.3) is 0 Å². The number of aryl methyl sites for hydroxylation is 2. The van der Waals surface area contributed by atoms with Crippen molar-refractivity contribution >= 4 is 21.7 Å². The van der Waals surface area contributed by atoms with E-state index in [1.165, 1.54) is 17.8 Å². The van der Waals surface area contributed by atoms with E-state index in [0.717, 1.165) is 18.1 Å². The topological polar surface area (TPSA) is 111 Å². The molecule has 1 heterocycles. The highest BCUT2D eigenvalue weighted by atomic mass is 32.2. The molecule has 7 nitrogen and oxygen atoms in total. The second-order valence-corrected chi connectivity index (χ2v) is 6.95. The van der Waals surface area contributed by atoms with Crippen LogP contribution < -0.4 is 10.5 Å². The maximum Gasteiger partial charge on any atom is 0.293 e. The average molecular weight is 349 g/mol. The number of aromatic nitrogens is 1. The van der Waals surface area contributed by atoms with Gasteiger partial charge in [-0.2, -0.15) is 0 Å².